The zero-order valence-corrected chi connectivity index (χ0v) is 13.0. The number of hydrogen-bond acceptors (Lipinski definition) is 6. The van der Waals surface area contributed by atoms with Crippen LogP contribution in [0.1, 0.15) is 23.3 Å². The first kappa shape index (κ1) is 15.0. The molecule has 2 N–H and O–H groups in total. The fourth-order valence-corrected chi connectivity index (χ4v) is 2.60. The van der Waals surface area contributed by atoms with Gasteiger partial charge in [-0.25, -0.2) is 0 Å². The fraction of sp³-hybridized carbons (Fsp3) is 0.500. The van der Waals surface area contributed by atoms with Crippen molar-refractivity contribution in [3.8, 4) is 0 Å². The molecule has 6 heteroatoms. The highest BCUT2D eigenvalue weighted by Gasteiger charge is 2.27. The molecular formula is C16H22N4O2. The van der Waals surface area contributed by atoms with Crippen LogP contribution in [0.4, 0.5) is 5.82 Å². The number of aromatic nitrogens is 2. The van der Waals surface area contributed by atoms with Crippen LogP contribution in [-0.2, 0) is 0 Å². The predicted molar refractivity (Wildman–Crippen MR) is 83.7 cm³/mol. The van der Waals surface area contributed by atoms with Gasteiger partial charge in [0.25, 0.3) is 0 Å². The molecule has 0 bridgehead atoms. The number of aliphatic hydroxyl groups is 1. The number of nitrogens with zero attached hydrogens (tertiary/aromatic N) is 3. The molecule has 1 aliphatic rings. The smallest absolute Gasteiger partial charge is 0.151 e. The molecule has 1 saturated heterocycles. The largest absolute Gasteiger partial charge is 0.464 e. The zero-order valence-electron chi connectivity index (χ0n) is 13.0. The van der Waals surface area contributed by atoms with E-state index >= 15 is 0 Å². The Labute approximate surface area is 130 Å². The van der Waals surface area contributed by atoms with Crippen molar-refractivity contribution in [1.82, 2.24) is 15.5 Å². The molecule has 6 nitrogen and oxygen atoms in total. The second kappa shape index (κ2) is 6.46. The lowest BCUT2D eigenvalue weighted by atomic mass is 10.00. The summed E-state index contributed by atoms with van der Waals surface area (Å²) in [5.74, 6) is 2.96. The van der Waals surface area contributed by atoms with E-state index in [9.17, 15) is 5.11 Å². The van der Waals surface area contributed by atoms with E-state index in [1.807, 2.05) is 38.1 Å². The van der Waals surface area contributed by atoms with Crippen LogP contribution in [-0.4, -0.2) is 41.5 Å². The molecule has 118 valence electrons. The van der Waals surface area contributed by atoms with Gasteiger partial charge in [0, 0.05) is 32.1 Å². The maximum absolute atomic E-state index is 10.0. The molecule has 2 aromatic rings. The van der Waals surface area contributed by atoms with Gasteiger partial charge in [-0.2, -0.15) is 5.10 Å². The number of aliphatic hydroxyl groups excluding tert-OH is 1. The number of anilines is 1. The number of furan rings is 1. The predicted octanol–water partition coefficient (Wildman–Crippen LogP) is 1.45. The Morgan fingerprint density at radius 1 is 1.27 bits per heavy atom. The first-order valence-electron chi connectivity index (χ1n) is 7.62. The van der Waals surface area contributed by atoms with Crippen molar-refractivity contribution >= 4 is 5.82 Å². The minimum Gasteiger partial charge on any atom is -0.464 e. The van der Waals surface area contributed by atoms with Crippen LogP contribution >= 0.6 is 0 Å². The first-order chi connectivity index (χ1) is 10.6. The average molecular weight is 302 g/mol. The second-order valence-electron chi connectivity index (χ2n) is 5.93. The maximum Gasteiger partial charge on any atom is 0.151 e. The Morgan fingerprint density at radius 3 is 2.73 bits per heavy atom. The minimum absolute atomic E-state index is 0.508. The van der Waals surface area contributed by atoms with Crippen molar-refractivity contribution in [1.29, 1.82) is 0 Å². The Morgan fingerprint density at radius 2 is 2.09 bits per heavy atom. The van der Waals surface area contributed by atoms with E-state index in [1.54, 1.807) is 0 Å². The summed E-state index contributed by atoms with van der Waals surface area (Å²) in [5, 5.41) is 21.6. The highest BCUT2D eigenvalue weighted by atomic mass is 16.4. The van der Waals surface area contributed by atoms with Crippen molar-refractivity contribution in [2.24, 2.45) is 5.92 Å². The molecule has 1 aliphatic heterocycles. The molecule has 1 unspecified atom stereocenters. The van der Waals surface area contributed by atoms with Gasteiger partial charge >= 0.3 is 0 Å². The van der Waals surface area contributed by atoms with E-state index in [0.717, 1.165) is 36.9 Å². The molecule has 0 aliphatic carbocycles. The highest BCUT2D eigenvalue weighted by molar-refractivity contribution is 5.40. The molecule has 1 atom stereocenters. The van der Waals surface area contributed by atoms with Crippen LogP contribution in [0, 0.1) is 19.8 Å². The third-order valence-electron chi connectivity index (χ3n) is 3.93. The number of rotatable bonds is 6. The second-order valence-corrected chi connectivity index (χ2v) is 5.93. The molecule has 0 aromatic carbocycles. The summed E-state index contributed by atoms with van der Waals surface area (Å²) in [6, 6.07) is 7.68. The maximum atomic E-state index is 10.0. The summed E-state index contributed by atoms with van der Waals surface area (Å²) in [7, 11) is 0. The summed E-state index contributed by atoms with van der Waals surface area (Å²) >= 11 is 0. The fourth-order valence-electron chi connectivity index (χ4n) is 2.60. The third kappa shape index (κ3) is 3.45. The minimum atomic E-state index is -0.590. The summed E-state index contributed by atoms with van der Waals surface area (Å²) in [6.45, 7) is 7.15. The van der Waals surface area contributed by atoms with E-state index in [2.05, 4.69) is 20.4 Å². The van der Waals surface area contributed by atoms with Crippen molar-refractivity contribution in [2.45, 2.75) is 20.0 Å². The summed E-state index contributed by atoms with van der Waals surface area (Å²) in [5.41, 5.74) is 0.935. The van der Waals surface area contributed by atoms with E-state index in [-0.39, 0.29) is 0 Å². The van der Waals surface area contributed by atoms with Gasteiger partial charge in [-0.3, -0.25) is 0 Å². The third-order valence-corrected chi connectivity index (χ3v) is 3.93. The van der Waals surface area contributed by atoms with E-state index < -0.39 is 6.10 Å². The van der Waals surface area contributed by atoms with Gasteiger partial charge in [0.1, 0.15) is 17.6 Å². The van der Waals surface area contributed by atoms with E-state index in [0.29, 0.717) is 18.2 Å². The Kier molecular flexibility index (Phi) is 4.40. The molecule has 1 fully saturated rings. The highest BCUT2D eigenvalue weighted by Crippen LogP contribution is 2.22. The van der Waals surface area contributed by atoms with Crippen LogP contribution in [0.3, 0.4) is 0 Å². The van der Waals surface area contributed by atoms with E-state index in [1.165, 1.54) is 0 Å². The van der Waals surface area contributed by atoms with Crippen LogP contribution in [0.5, 0.6) is 0 Å². The quantitative estimate of drug-likeness (QED) is 0.841. The molecular weight excluding hydrogens is 280 g/mol. The van der Waals surface area contributed by atoms with Gasteiger partial charge in [-0.05, 0) is 38.1 Å². The molecule has 22 heavy (non-hydrogen) atoms. The number of nitrogens with one attached hydrogen (secondary N) is 1. The van der Waals surface area contributed by atoms with Gasteiger partial charge in [-0.15, -0.1) is 5.10 Å². The van der Waals surface area contributed by atoms with Crippen molar-refractivity contribution < 1.29 is 9.52 Å². The molecule has 0 spiro atoms. The average Bonchev–Trinajstić information content (AvgIpc) is 2.89. The van der Waals surface area contributed by atoms with Gasteiger partial charge in [0.2, 0.25) is 0 Å². The zero-order chi connectivity index (χ0) is 15.5. The van der Waals surface area contributed by atoms with Crippen LogP contribution < -0.4 is 10.2 Å². The molecule has 0 saturated carbocycles. The first-order valence-corrected chi connectivity index (χ1v) is 7.62. The summed E-state index contributed by atoms with van der Waals surface area (Å²) in [6.07, 6.45) is -0.590. The van der Waals surface area contributed by atoms with E-state index in [4.69, 9.17) is 4.42 Å². The normalized spacial score (nSPS) is 16.6. The molecule has 3 rings (SSSR count). The monoisotopic (exact) mass is 302 g/mol. The van der Waals surface area contributed by atoms with Crippen molar-refractivity contribution in [2.75, 3.05) is 31.1 Å². The van der Waals surface area contributed by atoms with Gasteiger partial charge in [-0.1, -0.05) is 0 Å². The molecule has 3 heterocycles. The van der Waals surface area contributed by atoms with Crippen LogP contribution in [0.25, 0.3) is 0 Å². The standard InChI is InChI=1S/C16H22N4O2/c1-11-3-6-16(19-18-11)20-9-13(10-20)7-17-8-14(21)15-5-4-12(2)22-15/h3-6,13-14,17,21H,7-10H2,1-2H3. The Hall–Kier alpha value is -1.92. The lowest BCUT2D eigenvalue weighted by molar-refractivity contribution is 0.144. The Bertz CT molecular complexity index is 605. The van der Waals surface area contributed by atoms with Gasteiger partial charge in [0.15, 0.2) is 5.82 Å². The van der Waals surface area contributed by atoms with Crippen molar-refractivity contribution in [3.05, 3.63) is 41.5 Å². The van der Waals surface area contributed by atoms with Crippen LogP contribution in [0.15, 0.2) is 28.7 Å². The number of aryl methyl sites for hydroxylation is 2. The van der Waals surface area contributed by atoms with Crippen LogP contribution in [0.2, 0.25) is 0 Å². The SMILES string of the molecule is Cc1ccc(N2CC(CNCC(O)c3ccc(C)o3)C2)nn1. The summed E-state index contributed by atoms with van der Waals surface area (Å²) < 4.78 is 5.41. The molecule has 0 radical (unpaired) electrons. The lowest BCUT2D eigenvalue weighted by Gasteiger charge is -2.40. The number of hydrogen-bond donors (Lipinski definition) is 2. The lowest BCUT2D eigenvalue weighted by Crippen LogP contribution is -2.51. The summed E-state index contributed by atoms with van der Waals surface area (Å²) in [4.78, 5) is 2.21. The topological polar surface area (TPSA) is 74.4 Å². The molecule has 2 aromatic heterocycles. The Balaban J connectivity index is 1.37. The molecule has 0 amide bonds. The van der Waals surface area contributed by atoms with Gasteiger partial charge in [0.05, 0.1) is 5.69 Å². The van der Waals surface area contributed by atoms with Gasteiger partial charge < -0.3 is 19.7 Å². The van der Waals surface area contributed by atoms with Crippen molar-refractivity contribution in [3.63, 3.8) is 0 Å².